The minimum Gasteiger partial charge on any atom is -0.379 e. The maximum absolute atomic E-state index is 13.3. The van der Waals surface area contributed by atoms with Crippen LogP contribution in [-0.4, -0.2) is 76.3 Å². The van der Waals surface area contributed by atoms with Crippen LogP contribution in [0.4, 0.5) is 4.39 Å². The van der Waals surface area contributed by atoms with Crippen molar-refractivity contribution in [2.45, 2.75) is 6.54 Å². The van der Waals surface area contributed by atoms with Crippen molar-refractivity contribution in [3.05, 3.63) is 35.6 Å². The van der Waals surface area contributed by atoms with Crippen LogP contribution in [0.1, 0.15) is 5.56 Å². The van der Waals surface area contributed by atoms with Crippen LogP contribution < -0.4 is 5.32 Å². The van der Waals surface area contributed by atoms with Crippen molar-refractivity contribution in [1.29, 1.82) is 0 Å². The first kappa shape index (κ1) is 23.1. The molecule has 1 aromatic rings. The third kappa shape index (κ3) is 6.97. The zero-order valence-corrected chi connectivity index (χ0v) is 18.2. The number of morpholine rings is 1. The van der Waals surface area contributed by atoms with Crippen molar-refractivity contribution < 1.29 is 17.5 Å². The highest BCUT2D eigenvalue weighted by atomic mass is 127. The number of halogens is 2. The second-order valence-electron chi connectivity index (χ2n) is 5.79. The predicted molar refractivity (Wildman–Crippen MR) is 111 cm³/mol. The molecule has 0 bridgehead atoms. The Kier molecular flexibility index (Phi) is 9.75. The molecule has 1 heterocycles. The number of guanidine groups is 1. The van der Waals surface area contributed by atoms with Crippen LogP contribution in [0.15, 0.2) is 29.3 Å². The molecule has 0 radical (unpaired) electrons. The molecule has 0 amide bonds. The summed E-state index contributed by atoms with van der Waals surface area (Å²) in [6.45, 7) is 2.38. The van der Waals surface area contributed by atoms with E-state index in [4.69, 9.17) is 4.74 Å². The van der Waals surface area contributed by atoms with Gasteiger partial charge in [0, 0.05) is 40.3 Å². The molecular formula is C16H26FIN4O3S. The van der Waals surface area contributed by atoms with E-state index in [1.54, 1.807) is 13.1 Å². The zero-order valence-electron chi connectivity index (χ0n) is 15.0. The van der Waals surface area contributed by atoms with E-state index < -0.39 is 10.0 Å². The summed E-state index contributed by atoms with van der Waals surface area (Å²) >= 11 is 0. The van der Waals surface area contributed by atoms with Gasteiger partial charge in [-0.1, -0.05) is 12.1 Å². The van der Waals surface area contributed by atoms with E-state index in [0.29, 0.717) is 38.8 Å². The average Bonchev–Trinajstić information content (AvgIpc) is 2.59. The number of ether oxygens (including phenoxy) is 1. The normalized spacial score (nSPS) is 16.0. The smallest absolute Gasteiger partial charge is 0.215 e. The zero-order chi connectivity index (χ0) is 18.3. The Morgan fingerprint density at radius 1 is 1.38 bits per heavy atom. The van der Waals surface area contributed by atoms with Gasteiger partial charge in [-0.3, -0.25) is 4.99 Å². The molecule has 0 atom stereocenters. The first-order valence-electron chi connectivity index (χ1n) is 8.14. The standard InChI is InChI=1S/C16H25FN4O3S.HI/c1-18-16(20(2)13-14-4-3-5-15(17)12-14)19-6-11-25(22,23)21-7-9-24-10-8-21;/h3-5,12H,6-11,13H2,1-2H3,(H,18,19);1H. The molecule has 1 saturated heterocycles. The molecule has 1 fully saturated rings. The number of nitrogens with one attached hydrogen (secondary N) is 1. The van der Waals surface area contributed by atoms with E-state index in [9.17, 15) is 12.8 Å². The largest absolute Gasteiger partial charge is 0.379 e. The molecule has 0 aromatic heterocycles. The third-order valence-corrected chi connectivity index (χ3v) is 5.76. The van der Waals surface area contributed by atoms with Crippen molar-refractivity contribution in [2.24, 2.45) is 4.99 Å². The molecule has 2 rings (SSSR count). The highest BCUT2D eigenvalue weighted by Crippen LogP contribution is 2.07. The number of hydrogen-bond donors (Lipinski definition) is 1. The number of rotatable bonds is 6. The Morgan fingerprint density at radius 2 is 2.08 bits per heavy atom. The van der Waals surface area contributed by atoms with E-state index in [2.05, 4.69) is 10.3 Å². The van der Waals surface area contributed by atoms with Gasteiger partial charge < -0.3 is 15.0 Å². The number of aliphatic imine (C=N–C) groups is 1. The van der Waals surface area contributed by atoms with Gasteiger partial charge in [0.2, 0.25) is 10.0 Å². The number of nitrogens with zero attached hydrogens (tertiary/aromatic N) is 3. The molecule has 0 unspecified atom stereocenters. The van der Waals surface area contributed by atoms with Gasteiger partial charge in [0.15, 0.2) is 5.96 Å². The summed E-state index contributed by atoms with van der Waals surface area (Å²) in [5, 5.41) is 3.04. The van der Waals surface area contributed by atoms with Crippen molar-refractivity contribution in [3.8, 4) is 0 Å². The van der Waals surface area contributed by atoms with Gasteiger partial charge in [-0.05, 0) is 17.7 Å². The Labute approximate surface area is 171 Å². The van der Waals surface area contributed by atoms with Gasteiger partial charge in [-0.2, -0.15) is 4.31 Å². The van der Waals surface area contributed by atoms with Crippen LogP contribution in [0.25, 0.3) is 0 Å². The first-order chi connectivity index (χ1) is 11.9. The highest BCUT2D eigenvalue weighted by Gasteiger charge is 2.24. The lowest BCUT2D eigenvalue weighted by molar-refractivity contribution is 0.0730. The van der Waals surface area contributed by atoms with Crippen LogP contribution >= 0.6 is 24.0 Å². The summed E-state index contributed by atoms with van der Waals surface area (Å²) in [4.78, 5) is 5.96. The molecule has 1 aliphatic heterocycles. The highest BCUT2D eigenvalue weighted by molar-refractivity contribution is 14.0. The molecule has 0 spiro atoms. The van der Waals surface area contributed by atoms with Crippen molar-refractivity contribution in [3.63, 3.8) is 0 Å². The molecular weight excluding hydrogens is 474 g/mol. The van der Waals surface area contributed by atoms with Gasteiger partial charge in [-0.15, -0.1) is 24.0 Å². The van der Waals surface area contributed by atoms with Crippen LogP contribution in [0.3, 0.4) is 0 Å². The topological polar surface area (TPSA) is 74.2 Å². The molecule has 1 N–H and O–H groups in total. The molecule has 0 aliphatic carbocycles. The number of benzene rings is 1. The van der Waals surface area contributed by atoms with Crippen LogP contribution in [0.2, 0.25) is 0 Å². The second-order valence-corrected chi connectivity index (χ2v) is 7.88. The molecule has 7 nitrogen and oxygen atoms in total. The van der Waals surface area contributed by atoms with Gasteiger partial charge in [0.25, 0.3) is 0 Å². The minimum atomic E-state index is -3.31. The average molecular weight is 500 g/mol. The monoisotopic (exact) mass is 500 g/mol. The maximum atomic E-state index is 13.3. The van der Waals surface area contributed by atoms with Crippen molar-refractivity contribution >= 4 is 40.0 Å². The van der Waals surface area contributed by atoms with E-state index in [1.807, 2.05) is 18.0 Å². The summed E-state index contributed by atoms with van der Waals surface area (Å²) in [5.41, 5.74) is 0.811. The van der Waals surface area contributed by atoms with Gasteiger partial charge in [-0.25, -0.2) is 12.8 Å². The van der Waals surface area contributed by atoms with Crippen molar-refractivity contribution in [2.75, 3.05) is 52.7 Å². The summed E-state index contributed by atoms with van der Waals surface area (Å²) in [6, 6.07) is 6.35. The molecule has 1 aromatic carbocycles. The summed E-state index contributed by atoms with van der Waals surface area (Å²) in [5.74, 6) is 0.256. The Hall–Kier alpha value is -0.980. The van der Waals surface area contributed by atoms with Gasteiger partial charge in [0.1, 0.15) is 5.82 Å². The maximum Gasteiger partial charge on any atom is 0.215 e. The number of sulfonamides is 1. The Balaban J connectivity index is 0.00000338. The quantitative estimate of drug-likeness (QED) is 0.360. The third-order valence-electron chi connectivity index (χ3n) is 3.89. The van der Waals surface area contributed by atoms with Gasteiger partial charge >= 0.3 is 0 Å². The lowest BCUT2D eigenvalue weighted by Crippen LogP contribution is -2.45. The van der Waals surface area contributed by atoms with Crippen LogP contribution in [0.5, 0.6) is 0 Å². The van der Waals surface area contributed by atoms with Crippen LogP contribution in [-0.2, 0) is 21.3 Å². The molecule has 1 aliphatic rings. The number of hydrogen-bond acceptors (Lipinski definition) is 4. The van der Waals surface area contributed by atoms with Crippen LogP contribution in [0, 0.1) is 5.82 Å². The van der Waals surface area contributed by atoms with E-state index in [0.717, 1.165) is 5.56 Å². The summed E-state index contributed by atoms with van der Waals surface area (Å²) in [6.07, 6.45) is 0. The Morgan fingerprint density at radius 3 is 2.69 bits per heavy atom. The first-order valence-corrected chi connectivity index (χ1v) is 9.75. The second kappa shape index (κ2) is 11.0. The molecule has 10 heteroatoms. The van der Waals surface area contributed by atoms with Gasteiger partial charge in [0.05, 0.1) is 19.0 Å². The fourth-order valence-corrected chi connectivity index (χ4v) is 3.94. The molecule has 148 valence electrons. The lowest BCUT2D eigenvalue weighted by atomic mass is 10.2. The van der Waals surface area contributed by atoms with Crippen molar-refractivity contribution in [1.82, 2.24) is 14.5 Å². The SMILES string of the molecule is CN=C(NCCS(=O)(=O)N1CCOCC1)N(C)Cc1cccc(F)c1.I. The van der Waals surface area contributed by atoms with E-state index in [-0.39, 0.29) is 42.1 Å². The summed E-state index contributed by atoms with van der Waals surface area (Å²) in [7, 11) is 0.132. The molecule has 26 heavy (non-hydrogen) atoms. The van der Waals surface area contributed by atoms with E-state index in [1.165, 1.54) is 16.4 Å². The lowest BCUT2D eigenvalue weighted by Gasteiger charge is -2.27. The molecule has 0 saturated carbocycles. The minimum absolute atomic E-state index is 0. The fraction of sp³-hybridized carbons (Fsp3) is 0.562. The Bertz CT molecular complexity index is 696. The summed E-state index contributed by atoms with van der Waals surface area (Å²) < 4.78 is 44.5. The van der Waals surface area contributed by atoms with E-state index >= 15 is 0 Å². The predicted octanol–water partition coefficient (Wildman–Crippen LogP) is 1.11. The fourth-order valence-electron chi connectivity index (χ4n) is 2.61.